The Morgan fingerprint density at radius 3 is 2.79 bits per heavy atom. The van der Waals surface area contributed by atoms with Gasteiger partial charge in [0, 0.05) is 23.5 Å². The van der Waals surface area contributed by atoms with Crippen LogP contribution in [0.3, 0.4) is 0 Å². The maximum Gasteiger partial charge on any atom is 0.241 e. The zero-order chi connectivity index (χ0) is 14.0. The Balaban J connectivity index is 2.07. The van der Waals surface area contributed by atoms with E-state index in [-0.39, 0.29) is 23.4 Å². The van der Waals surface area contributed by atoms with Crippen LogP contribution in [0.2, 0.25) is 0 Å². The first-order valence-electron chi connectivity index (χ1n) is 5.94. The molecule has 5 nitrogen and oxygen atoms in total. The number of hydrogen-bond acceptors (Lipinski definition) is 3. The van der Waals surface area contributed by atoms with E-state index in [1.54, 1.807) is 18.2 Å². The van der Waals surface area contributed by atoms with E-state index in [1.165, 1.54) is 0 Å². The highest BCUT2D eigenvalue weighted by Crippen LogP contribution is 2.22. The SMILES string of the molecule is Cc1ccc(S(=O)(=O)NCC2CCC(=O)N2)c(Br)c1. The molecule has 1 unspecified atom stereocenters. The smallest absolute Gasteiger partial charge is 0.241 e. The van der Waals surface area contributed by atoms with Gasteiger partial charge < -0.3 is 5.32 Å². The molecule has 1 aliphatic rings. The molecule has 1 aromatic carbocycles. The molecule has 0 radical (unpaired) electrons. The Kier molecular flexibility index (Phi) is 4.27. The molecule has 0 spiro atoms. The molecular formula is C12H15BrN2O3S. The van der Waals surface area contributed by atoms with Crippen molar-refractivity contribution in [1.82, 2.24) is 10.0 Å². The molecule has 1 heterocycles. The lowest BCUT2D eigenvalue weighted by Gasteiger charge is -2.13. The molecule has 0 aliphatic carbocycles. The maximum atomic E-state index is 12.1. The van der Waals surface area contributed by atoms with Crippen LogP contribution in [0.5, 0.6) is 0 Å². The summed E-state index contributed by atoms with van der Waals surface area (Å²) in [6, 6.07) is 4.95. The minimum Gasteiger partial charge on any atom is -0.352 e. The molecule has 0 bridgehead atoms. The second-order valence-electron chi connectivity index (χ2n) is 4.59. The van der Waals surface area contributed by atoms with E-state index in [4.69, 9.17) is 0 Å². The highest BCUT2D eigenvalue weighted by atomic mass is 79.9. The number of sulfonamides is 1. The Morgan fingerprint density at radius 1 is 1.47 bits per heavy atom. The second kappa shape index (κ2) is 5.60. The van der Waals surface area contributed by atoms with E-state index in [0.29, 0.717) is 17.3 Å². The summed E-state index contributed by atoms with van der Waals surface area (Å²) in [5.74, 6) is -0.0271. The third-order valence-corrected chi connectivity index (χ3v) is 5.38. The van der Waals surface area contributed by atoms with E-state index in [2.05, 4.69) is 26.0 Å². The van der Waals surface area contributed by atoms with Crippen molar-refractivity contribution in [2.24, 2.45) is 0 Å². The Morgan fingerprint density at radius 2 is 2.21 bits per heavy atom. The van der Waals surface area contributed by atoms with Gasteiger partial charge in [-0.1, -0.05) is 6.07 Å². The lowest BCUT2D eigenvalue weighted by molar-refractivity contribution is -0.119. The maximum absolute atomic E-state index is 12.1. The highest BCUT2D eigenvalue weighted by molar-refractivity contribution is 9.10. The summed E-state index contributed by atoms with van der Waals surface area (Å²) in [5, 5.41) is 2.72. The van der Waals surface area contributed by atoms with Crippen LogP contribution in [-0.4, -0.2) is 26.9 Å². The third kappa shape index (κ3) is 3.55. The van der Waals surface area contributed by atoms with Crippen LogP contribution in [0.1, 0.15) is 18.4 Å². The summed E-state index contributed by atoms with van der Waals surface area (Å²) in [5.41, 5.74) is 0.980. The van der Waals surface area contributed by atoms with Crippen LogP contribution in [0.4, 0.5) is 0 Å². The first-order chi connectivity index (χ1) is 8.88. The van der Waals surface area contributed by atoms with Gasteiger partial charge >= 0.3 is 0 Å². The summed E-state index contributed by atoms with van der Waals surface area (Å²) in [6.07, 6.45) is 1.12. The molecule has 2 N–H and O–H groups in total. The minimum atomic E-state index is -3.56. The van der Waals surface area contributed by atoms with E-state index >= 15 is 0 Å². The van der Waals surface area contributed by atoms with Crippen LogP contribution in [0, 0.1) is 6.92 Å². The Labute approximate surface area is 121 Å². The lowest BCUT2D eigenvalue weighted by Crippen LogP contribution is -2.38. The molecule has 1 amide bonds. The average Bonchev–Trinajstić information content (AvgIpc) is 2.72. The molecule has 1 saturated heterocycles. The number of halogens is 1. The van der Waals surface area contributed by atoms with Gasteiger partial charge in [-0.2, -0.15) is 0 Å². The molecule has 1 aliphatic heterocycles. The van der Waals surface area contributed by atoms with Crippen molar-refractivity contribution in [2.75, 3.05) is 6.54 Å². The molecule has 2 rings (SSSR count). The zero-order valence-electron chi connectivity index (χ0n) is 10.4. The van der Waals surface area contributed by atoms with Crippen LogP contribution in [0.25, 0.3) is 0 Å². The zero-order valence-corrected chi connectivity index (χ0v) is 12.8. The predicted molar refractivity (Wildman–Crippen MR) is 75.2 cm³/mol. The van der Waals surface area contributed by atoms with Gasteiger partial charge in [0.25, 0.3) is 0 Å². The summed E-state index contributed by atoms with van der Waals surface area (Å²) in [6.45, 7) is 2.11. The van der Waals surface area contributed by atoms with Crippen LogP contribution >= 0.6 is 15.9 Å². The van der Waals surface area contributed by atoms with Crippen molar-refractivity contribution in [2.45, 2.75) is 30.7 Å². The first-order valence-corrected chi connectivity index (χ1v) is 8.21. The highest BCUT2D eigenvalue weighted by Gasteiger charge is 2.24. The van der Waals surface area contributed by atoms with Crippen LogP contribution < -0.4 is 10.0 Å². The van der Waals surface area contributed by atoms with Crippen LogP contribution in [0.15, 0.2) is 27.6 Å². The van der Waals surface area contributed by atoms with Gasteiger partial charge in [-0.05, 0) is 47.0 Å². The predicted octanol–water partition coefficient (Wildman–Crippen LogP) is 1.31. The quantitative estimate of drug-likeness (QED) is 0.863. The van der Waals surface area contributed by atoms with Gasteiger partial charge in [-0.25, -0.2) is 13.1 Å². The van der Waals surface area contributed by atoms with E-state index in [0.717, 1.165) is 5.56 Å². The normalized spacial score (nSPS) is 19.5. The molecule has 19 heavy (non-hydrogen) atoms. The fourth-order valence-corrected chi connectivity index (χ4v) is 4.21. The van der Waals surface area contributed by atoms with E-state index < -0.39 is 10.0 Å². The summed E-state index contributed by atoms with van der Waals surface area (Å²) in [4.78, 5) is 11.3. The second-order valence-corrected chi connectivity index (χ2v) is 7.18. The van der Waals surface area contributed by atoms with E-state index in [9.17, 15) is 13.2 Å². The van der Waals surface area contributed by atoms with Crippen molar-refractivity contribution in [3.63, 3.8) is 0 Å². The first kappa shape index (κ1) is 14.5. The third-order valence-electron chi connectivity index (χ3n) is 2.98. The number of nitrogens with one attached hydrogen (secondary N) is 2. The fraction of sp³-hybridized carbons (Fsp3) is 0.417. The van der Waals surface area contributed by atoms with Crippen molar-refractivity contribution in [1.29, 1.82) is 0 Å². The van der Waals surface area contributed by atoms with Gasteiger partial charge in [-0.3, -0.25) is 4.79 Å². The number of carbonyl (C=O) groups is 1. The largest absolute Gasteiger partial charge is 0.352 e. The van der Waals surface area contributed by atoms with Gasteiger partial charge in [0.1, 0.15) is 0 Å². The molecule has 1 aromatic rings. The Bertz CT molecular complexity index is 601. The topological polar surface area (TPSA) is 75.3 Å². The summed E-state index contributed by atoms with van der Waals surface area (Å²) < 4.78 is 27.4. The molecule has 0 saturated carbocycles. The van der Waals surface area contributed by atoms with Crippen molar-refractivity contribution in [3.8, 4) is 0 Å². The molecule has 1 fully saturated rings. The summed E-state index contributed by atoms with van der Waals surface area (Å²) in [7, 11) is -3.56. The molecule has 1 atom stereocenters. The Hall–Kier alpha value is -0.920. The van der Waals surface area contributed by atoms with Gasteiger partial charge in [-0.15, -0.1) is 0 Å². The minimum absolute atomic E-state index is 0.0271. The van der Waals surface area contributed by atoms with Crippen molar-refractivity contribution >= 4 is 31.9 Å². The average molecular weight is 347 g/mol. The molecular weight excluding hydrogens is 332 g/mol. The monoisotopic (exact) mass is 346 g/mol. The fourth-order valence-electron chi connectivity index (χ4n) is 1.94. The number of hydrogen-bond donors (Lipinski definition) is 2. The lowest BCUT2D eigenvalue weighted by atomic mass is 10.2. The molecule has 0 aromatic heterocycles. The van der Waals surface area contributed by atoms with Gasteiger partial charge in [0.05, 0.1) is 4.90 Å². The number of rotatable bonds is 4. The van der Waals surface area contributed by atoms with Gasteiger partial charge in [0.15, 0.2) is 0 Å². The number of aryl methyl sites for hydroxylation is 1. The number of amides is 1. The number of benzene rings is 1. The van der Waals surface area contributed by atoms with Crippen LogP contribution in [-0.2, 0) is 14.8 Å². The standard InChI is InChI=1S/C12H15BrN2O3S/c1-8-2-4-11(10(13)6-8)19(17,18)14-7-9-3-5-12(16)15-9/h2,4,6,9,14H,3,5,7H2,1H3,(H,15,16). The van der Waals surface area contributed by atoms with Crippen molar-refractivity contribution in [3.05, 3.63) is 28.2 Å². The van der Waals surface area contributed by atoms with Crippen molar-refractivity contribution < 1.29 is 13.2 Å². The summed E-state index contributed by atoms with van der Waals surface area (Å²) >= 11 is 3.26. The van der Waals surface area contributed by atoms with E-state index in [1.807, 2.05) is 6.92 Å². The molecule has 7 heteroatoms. The van der Waals surface area contributed by atoms with Gasteiger partial charge in [0.2, 0.25) is 15.9 Å². The number of carbonyl (C=O) groups excluding carboxylic acids is 1. The molecule has 104 valence electrons.